The zero-order valence-corrected chi connectivity index (χ0v) is 17.4. The first-order valence-corrected chi connectivity index (χ1v) is 11.1. The maximum atomic E-state index is 12.3. The highest BCUT2D eigenvalue weighted by molar-refractivity contribution is 7.99. The molecule has 9 heteroatoms. The third-order valence-corrected chi connectivity index (χ3v) is 6.24. The Morgan fingerprint density at radius 1 is 1.11 bits per heavy atom. The van der Waals surface area contributed by atoms with Crippen LogP contribution in [0, 0.1) is 0 Å². The first kappa shape index (κ1) is 20.4. The molecule has 0 aliphatic carbocycles. The number of rotatable bonds is 6. The minimum Gasteiger partial charge on any atom is -0.333 e. The minimum atomic E-state index is -3.60. The summed E-state index contributed by atoms with van der Waals surface area (Å²) < 4.78 is 27.2. The largest absolute Gasteiger partial charge is 0.333 e. The molecule has 0 unspecified atom stereocenters. The Bertz CT molecular complexity index is 1050. The van der Waals surface area contributed by atoms with Crippen LogP contribution >= 0.6 is 11.8 Å². The fraction of sp³-hybridized carbons (Fsp3) is 0.263. The maximum Gasteiger partial charge on any atom is 0.241 e. The number of fused-ring (bicyclic) bond motifs is 1. The number of nitrogens with one attached hydrogen (secondary N) is 3. The molecule has 0 saturated carbocycles. The lowest BCUT2D eigenvalue weighted by atomic mass is 10.1. The van der Waals surface area contributed by atoms with Gasteiger partial charge in [0.2, 0.25) is 15.9 Å². The predicted molar refractivity (Wildman–Crippen MR) is 112 cm³/mol. The molecule has 0 fully saturated rings. The number of benzene rings is 2. The molecule has 0 aliphatic heterocycles. The molecule has 1 amide bonds. The third-order valence-electron chi connectivity index (χ3n) is 3.60. The number of H-pyrrole nitrogens is 1. The molecule has 1 aromatic heterocycles. The van der Waals surface area contributed by atoms with Gasteiger partial charge in [-0.15, -0.1) is 0 Å². The number of aromatic amines is 1. The molecule has 3 N–H and O–H groups in total. The maximum absolute atomic E-state index is 12.3. The van der Waals surface area contributed by atoms with Gasteiger partial charge in [-0.25, -0.2) is 18.1 Å². The van der Waals surface area contributed by atoms with Crippen molar-refractivity contribution in [1.82, 2.24) is 14.7 Å². The number of thioether (sulfide) groups is 1. The summed E-state index contributed by atoms with van der Waals surface area (Å²) in [7, 11) is -3.60. The number of aromatic nitrogens is 2. The van der Waals surface area contributed by atoms with Gasteiger partial charge in [-0.3, -0.25) is 4.79 Å². The number of carbonyl (C=O) groups is 1. The Kier molecular flexibility index (Phi) is 5.78. The van der Waals surface area contributed by atoms with Crippen LogP contribution in [0.25, 0.3) is 11.0 Å². The smallest absolute Gasteiger partial charge is 0.241 e. The lowest BCUT2D eigenvalue weighted by molar-refractivity contribution is -0.113. The number of carbonyl (C=O) groups excluding carboxylic acids is 1. The molecule has 3 aromatic rings. The van der Waals surface area contributed by atoms with Gasteiger partial charge in [0.1, 0.15) is 0 Å². The molecule has 2 aromatic carbocycles. The quantitative estimate of drug-likeness (QED) is 0.533. The Hall–Kier alpha value is -2.36. The summed E-state index contributed by atoms with van der Waals surface area (Å²) in [5.74, 6) is -0.0141. The van der Waals surface area contributed by atoms with Gasteiger partial charge in [-0.1, -0.05) is 23.9 Å². The van der Waals surface area contributed by atoms with Gasteiger partial charge >= 0.3 is 0 Å². The summed E-state index contributed by atoms with van der Waals surface area (Å²) in [4.78, 5) is 19.9. The van der Waals surface area contributed by atoms with Crippen molar-refractivity contribution in [3.05, 3.63) is 48.5 Å². The van der Waals surface area contributed by atoms with E-state index < -0.39 is 15.6 Å². The predicted octanol–water partition coefficient (Wildman–Crippen LogP) is 3.37. The lowest BCUT2D eigenvalue weighted by Gasteiger charge is -2.20. The number of hydrogen-bond donors (Lipinski definition) is 3. The van der Waals surface area contributed by atoms with Gasteiger partial charge < -0.3 is 10.3 Å². The molecule has 3 rings (SSSR count). The molecule has 0 aliphatic rings. The first-order chi connectivity index (χ1) is 13.1. The van der Waals surface area contributed by atoms with Crippen LogP contribution in [0.15, 0.2) is 58.6 Å². The van der Waals surface area contributed by atoms with Crippen LogP contribution in [0.3, 0.4) is 0 Å². The van der Waals surface area contributed by atoms with Crippen molar-refractivity contribution in [2.75, 3.05) is 11.1 Å². The van der Waals surface area contributed by atoms with E-state index >= 15 is 0 Å². The average Bonchev–Trinajstić information content (AvgIpc) is 3.01. The molecule has 0 saturated heterocycles. The Labute approximate surface area is 168 Å². The van der Waals surface area contributed by atoms with Crippen molar-refractivity contribution in [1.29, 1.82) is 0 Å². The number of anilines is 1. The second kappa shape index (κ2) is 7.94. The normalized spacial score (nSPS) is 12.2. The van der Waals surface area contributed by atoms with Crippen LogP contribution in [-0.2, 0) is 14.8 Å². The molecular weight excluding hydrogens is 396 g/mol. The average molecular weight is 419 g/mol. The van der Waals surface area contributed by atoms with E-state index in [1.807, 2.05) is 24.3 Å². The summed E-state index contributed by atoms with van der Waals surface area (Å²) in [6.07, 6.45) is 0. The highest BCUT2D eigenvalue weighted by Gasteiger charge is 2.21. The molecule has 1 heterocycles. The van der Waals surface area contributed by atoms with E-state index in [1.54, 1.807) is 32.9 Å². The first-order valence-electron chi connectivity index (χ1n) is 8.64. The SMILES string of the molecule is CC(C)(C)NS(=O)(=O)c1ccc(NC(=O)CSc2nc3ccccc3[nH]2)cc1. The van der Waals surface area contributed by atoms with Crippen molar-refractivity contribution < 1.29 is 13.2 Å². The Morgan fingerprint density at radius 3 is 2.43 bits per heavy atom. The van der Waals surface area contributed by atoms with Gasteiger partial charge in [0.05, 0.1) is 21.7 Å². The highest BCUT2D eigenvalue weighted by Crippen LogP contribution is 2.20. The number of hydrogen-bond acceptors (Lipinski definition) is 5. The van der Waals surface area contributed by atoms with Crippen molar-refractivity contribution in [2.24, 2.45) is 0 Å². The van der Waals surface area contributed by atoms with Crippen LogP contribution in [0.2, 0.25) is 0 Å². The van der Waals surface area contributed by atoms with E-state index in [9.17, 15) is 13.2 Å². The van der Waals surface area contributed by atoms with E-state index in [0.29, 0.717) is 10.8 Å². The molecule has 28 heavy (non-hydrogen) atoms. The third kappa shape index (κ3) is 5.34. The number of para-hydroxylation sites is 2. The van der Waals surface area contributed by atoms with Crippen LogP contribution < -0.4 is 10.0 Å². The van der Waals surface area contributed by atoms with Crippen molar-refractivity contribution >= 4 is 44.4 Å². The van der Waals surface area contributed by atoms with Gasteiger partial charge in [-0.05, 0) is 57.2 Å². The van der Waals surface area contributed by atoms with Gasteiger partial charge in [-0.2, -0.15) is 0 Å². The topological polar surface area (TPSA) is 104 Å². The molecular formula is C19H22N4O3S2. The van der Waals surface area contributed by atoms with Crippen LogP contribution in [0.1, 0.15) is 20.8 Å². The molecule has 0 bridgehead atoms. The number of imidazole rings is 1. The summed E-state index contributed by atoms with van der Waals surface area (Å²) in [5.41, 5.74) is 1.74. The second-order valence-electron chi connectivity index (χ2n) is 7.28. The van der Waals surface area contributed by atoms with Gasteiger partial charge in [0, 0.05) is 11.2 Å². The van der Waals surface area contributed by atoms with Crippen LogP contribution in [-0.4, -0.2) is 35.6 Å². The monoisotopic (exact) mass is 418 g/mol. The van der Waals surface area contributed by atoms with E-state index in [1.165, 1.54) is 23.9 Å². The molecule has 0 spiro atoms. The van der Waals surface area contributed by atoms with Gasteiger partial charge in [0.25, 0.3) is 0 Å². The van der Waals surface area contributed by atoms with E-state index in [-0.39, 0.29) is 16.6 Å². The fourth-order valence-electron chi connectivity index (χ4n) is 2.51. The van der Waals surface area contributed by atoms with Crippen molar-refractivity contribution in [3.63, 3.8) is 0 Å². The van der Waals surface area contributed by atoms with Crippen LogP contribution in [0.4, 0.5) is 5.69 Å². The highest BCUT2D eigenvalue weighted by atomic mass is 32.2. The molecule has 0 radical (unpaired) electrons. The number of nitrogens with zero attached hydrogens (tertiary/aromatic N) is 1. The van der Waals surface area contributed by atoms with Crippen molar-refractivity contribution in [2.45, 2.75) is 36.4 Å². The van der Waals surface area contributed by atoms with Crippen LogP contribution in [0.5, 0.6) is 0 Å². The molecule has 148 valence electrons. The standard InChI is InChI=1S/C19H22N4O3S2/c1-19(2,3)23-28(25,26)14-10-8-13(9-11-14)20-17(24)12-27-18-21-15-6-4-5-7-16(15)22-18/h4-11,23H,12H2,1-3H3,(H,20,24)(H,21,22). The van der Waals surface area contributed by atoms with E-state index in [2.05, 4.69) is 20.0 Å². The number of amides is 1. The van der Waals surface area contributed by atoms with E-state index in [0.717, 1.165) is 11.0 Å². The lowest BCUT2D eigenvalue weighted by Crippen LogP contribution is -2.40. The summed E-state index contributed by atoms with van der Waals surface area (Å²) >= 11 is 1.30. The van der Waals surface area contributed by atoms with Crippen molar-refractivity contribution in [3.8, 4) is 0 Å². The number of sulfonamides is 1. The summed E-state index contributed by atoms with van der Waals surface area (Å²) in [6.45, 7) is 5.33. The molecule has 0 atom stereocenters. The van der Waals surface area contributed by atoms with Gasteiger partial charge in [0.15, 0.2) is 5.16 Å². The summed E-state index contributed by atoms with van der Waals surface area (Å²) in [6, 6.07) is 13.7. The minimum absolute atomic E-state index is 0.150. The molecule has 7 nitrogen and oxygen atoms in total. The Morgan fingerprint density at radius 2 is 1.79 bits per heavy atom. The summed E-state index contributed by atoms with van der Waals surface area (Å²) in [5, 5.41) is 3.43. The zero-order chi connectivity index (χ0) is 20.4. The Balaban J connectivity index is 1.58. The second-order valence-corrected chi connectivity index (χ2v) is 9.92. The van der Waals surface area contributed by atoms with E-state index in [4.69, 9.17) is 0 Å². The zero-order valence-electron chi connectivity index (χ0n) is 15.8. The fourth-order valence-corrected chi connectivity index (χ4v) is 4.61.